The molecule has 1 aromatic carbocycles. The molecule has 20 heavy (non-hydrogen) atoms. The maximum absolute atomic E-state index is 9.14. The van der Waals surface area contributed by atoms with Gasteiger partial charge in [-0.3, -0.25) is 4.98 Å². The summed E-state index contributed by atoms with van der Waals surface area (Å²) < 4.78 is 0. The van der Waals surface area contributed by atoms with Crippen LogP contribution in [0.4, 0.5) is 5.69 Å². The fraction of sp³-hybridized carbons (Fsp3) is 0.294. The molecule has 2 rings (SSSR count). The molecule has 0 aliphatic heterocycles. The standard InChI is InChI=1S/C17H19N3/c1-13(16-6-4-5-11-19-16)20-15-9-7-14(8-10-15)17(2,3)12-18/h4-11,13,20H,1-3H3. The van der Waals surface area contributed by atoms with E-state index >= 15 is 0 Å². The Kier molecular flexibility index (Phi) is 4.05. The van der Waals surface area contributed by atoms with Crippen LogP contribution in [0, 0.1) is 11.3 Å². The van der Waals surface area contributed by atoms with Crippen molar-refractivity contribution >= 4 is 5.69 Å². The number of benzene rings is 1. The first-order chi connectivity index (χ1) is 9.53. The number of nitriles is 1. The highest BCUT2D eigenvalue weighted by Gasteiger charge is 2.19. The second-order valence-electron chi connectivity index (χ2n) is 5.43. The van der Waals surface area contributed by atoms with E-state index in [0.29, 0.717) is 0 Å². The van der Waals surface area contributed by atoms with Gasteiger partial charge in [-0.1, -0.05) is 18.2 Å². The summed E-state index contributed by atoms with van der Waals surface area (Å²) >= 11 is 0. The molecule has 0 fully saturated rings. The van der Waals surface area contributed by atoms with Gasteiger partial charge in [0.25, 0.3) is 0 Å². The molecule has 1 aromatic heterocycles. The lowest BCUT2D eigenvalue weighted by Crippen LogP contribution is -2.14. The highest BCUT2D eigenvalue weighted by atomic mass is 14.9. The predicted octanol–water partition coefficient (Wildman–Crippen LogP) is 4.06. The zero-order valence-corrected chi connectivity index (χ0v) is 12.1. The Labute approximate surface area is 120 Å². The number of hydrogen-bond acceptors (Lipinski definition) is 3. The van der Waals surface area contributed by atoms with E-state index in [1.165, 1.54) is 0 Å². The van der Waals surface area contributed by atoms with Crippen molar-refractivity contribution in [3.05, 3.63) is 59.9 Å². The lowest BCUT2D eigenvalue weighted by atomic mass is 9.86. The summed E-state index contributed by atoms with van der Waals surface area (Å²) in [6, 6.07) is 16.4. The quantitative estimate of drug-likeness (QED) is 0.907. The van der Waals surface area contributed by atoms with Crippen molar-refractivity contribution in [2.45, 2.75) is 32.2 Å². The van der Waals surface area contributed by atoms with Gasteiger partial charge >= 0.3 is 0 Å². The summed E-state index contributed by atoms with van der Waals surface area (Å²) in [5.41, 5.74) is 2.61. The van der Waals surface area contributed by atoms with Gasteiger partial charge in [-0.25, -0.2) is 0 Å². The molecular formula is C17H19N3. The second kappa shape index (κ2) is 5.75. The summed E-state index contributed by atoms with van der Waals surface area (Å²) in [6.07, 6.45) is 1.80. The molecule has 0 saturated heterocycles. The summed E-state index contributed by atoms with van der Waals surface area (Å²) in [5.74, 6) is 0. The van der Waals surface area contributed by atoms with Crippen LogP contribution in [0.5, 0.6) is 0 Å². The smallest absolute Gasteiger partial charge is 0.0766 e. The molecule has 0 aliphatic carbocycles. The van der Waals surface area contributed by atoms with Crippen molar-refractivity contribution in [1.29, 1.82) is 5.26 Å². The van der Waals surface area contributed by atoms with Crippen LogP contribution < -0.4 is 5.32 Å². The molecule has 102 valence electrons. The Balaban J connectivity index is 2.10. The van der Waals surface area contributed by atoms with Crippen LogP contribution in [0.2, 0.25) is 0 Å². The van der Waals surface area contributed by atoms with E-state index in [2.05, 4.69) is 23.3 Å². The van der Waals surface area contributed by atoms with Gasteiger partial charge in [-0.2, -0.15) is 5.26 Å². The zero-order valence-electron chi connectivity index (χ0n) is 12.1. The third kappa shape index (κ3) is 3.16. The number of nitrogens with one attached hydrogen (secondary N) is 1. The molecule has 1 heterocycles. The number of nitrogens with zero attached hydrogens (tertiary/aromatic N) is 2. The molecule has 0 bridgehead atoms. The molecule has 1 atom stereocenters. The maximum Gasteiger partial charge on any atom is 0.0766 e. The largest absolute Gasteiger partial charge is 0.377 e. The number of hydrogen-bond donors (Lipinski definition) is 1. The minimum Gasteiger partial charge on any atom is -0.377 e. The van der Waals surface area contributed by atoms with E-state index in [0.717, 1.165) is 16.9 Å². The van der Waals surface area contributed by atoms with Gasteiger partial charge in [-0.15, -0.1) is 0 Å². The topological polar surface area (TPSA) is 48.7 Å². The van der Waals surface area contributed by atoms with E-state index in [-0.39, 0.29) is 6.04 Å². The summed E-state index contributed by atoms with van der Waals surface area (Å²) in [5, 5.41) is 12.5. The van der Waals surface area contributed by atoms with Gasteiger partial charge in [0, 0.05) is 11.9 Å². The third-order valence-corrected chi connectivity index (χ3v) is 3.40. The third-order valence-electron chi connectivity index (χ3n) is 3.40. The van der Waals surface area contributed by atoms with Crippen LogP contribution in [0.15, 0.2) is 48.7 Å². The molecule has 0 radical (unpaired) electrons. The first kappa shape index (κ1) is 14.1. The highest BCUT2D eigenvalue weighted by Crippen LogP contribution is 2.25. The average Bonchev–Trinajstić information content (AvgIpc) is 2.48. The normalized spacial score (nSPS) is 12.5. The molecule has 0 amide bonds. The first-order valence-electron chi connectivity index (χ1n) is 6.72. The van der Waals surface area contributed by atoms with Crippen molar-refractivity contribution in [2.24, 2.45) is 0 Å². The molecule has 0 aliphatic rings. The van der Waals surface area contributed by atoms with Crippen LogP contribution in [0.1, 0.15) is 38.1 Å². The van der Waals surface area contributed by atoms with Crippen LogP contribution >= 0.6 is 0 Å². The summed E-state index contributed by atoms with van der Waals surface area (Å²) in [7, 11) is 0. The molecule has 0 spiro atoms. The van der Waals surface area contributed by atoms with Crippen molar-refractivity contribution in [3.63, 3.8) is 0 Å². The monoisotopic (exact) mass is 265 g/mol. The SMILES string of the molecule is CC(Nc1ccc(C(C)(C)C#N)cc1)c1ccccn1. The van der Waals surface area contributed by atoms with E-state index in [1.807, 2.05) is 56.3 Å². The number of pyridine rings is 1. The van der Waals surface area contributed by atoms with Gasteiger partial charge in [0.15, 0.2) is 0 Å². The van der Waals surface area contributed by atoms with Gasteiger partial charge < -0.3 is 5.32 Å². The predicted molar refractivity (Wildman–Crippen MR) is 81.4 cm³/mol. The van der Waals surface area contributed by atoms with Crippen LogP contribution in [-0.4, -0.2) is 4.98 Å². The Morgan fingerprint density at radius 2 is 1.85 bits per heavy atom. The molecule has 1 unspecified atom stereocenters. The van der Waals surface area contributed by atoms with E-state index in [1.54, 1.807) is 6.20 Å². The van der Waals surface area contributed by atoms with Crippen LogP contribution in [0.25, 0.3) is 0 Å². The van der Waals surface area contributed by atoms with Gasteiger partial charge in [-0.05, 0) is 50.6 Å². The Morgan fingerprint density at radius 3 is 2.40 bits per heavy atom. The highest BCUT2D eigenvalue weighted by molar-refractivity contribution is 5.48. The fourth-order valence-corrected chi connectivity index (χ4v) is 2.00. The van der Waals surface area contributed by atoms with E-state index < -0.39 is 5.41 Å². The minimum atomic E-state index is -0.453. The fourth-order valence-electron chi connectivity index (χ4n) is 2.00. The Morgan fingerprint density at radius 1 is 1.15 bits per heavy atom. The average molecular weight is 265 g/mol. The van der Waals surface area contributed by atoms with Gasteiger partial charge in [0.1, 0.15) is 0 Å². The lowest BCUT2D eigenvalue weighted by Gasteiger charge is -2.18. The van der Waals surface area contributed by atoms with E-state index in [4.69, 9.17) is 5.26 Å². The van der Waals surface area contributed by atoms with Crippen molar-refractivity contribution < 1.29 is 0 Å². The number of anilines is 1. The molecule has 3 nitrogen and oxygen atoms in total. The minimum absolute atomic E-state index is 0.144. The maximum atomic E-state index is 9.14. The van der Waals surface area contributed by atoms with Crippen LogP contribution in [0.3, 0.4) is 0 Å². The van der Waals surface area contributed by atoms with E-state index in [9.17, 15) is 0 Å². The van der Waals surface area contributed by atoms with Gasteiger partial charge in [0.05, 0.1) is 23.2 Å². The van der Waals surface area contributed by atoms with Gasteiger partial charge in [0.2, 0.25) is 0 Å². The van der Waals surface area contributed by atoms with Crippen LogP contribution in [-0.2, 0) is 5.41 Å². The zero-order chi connectivity index (χ0) is 14.6. The van der Waals surface area contributed by atoms with Crippen molar-refractivity contribution in [3.8, 4) is 6.07 Å². The molecule has 3 heteroatoms. The van der Waals surface area contributed by atoms with Crippen molar-refractivity contribution in [1.82, 2.24) is 4.98 Å². The summed E-state index contributed by atoms with van der Waals surface area (Å²) in [6.45, 7) is 5.92. The lowest BCUT2D eigenvalue weighted by molar-refractivity contribution is 0.687. The first-order valence-corrected chi connectivity index (χ1v) is 6.72. The molecular weight excluding hydrogens is 246 g/mol. The Bertz CT molecular complexity index is 594. The molecule has 2 aromatic rings. The van der Waals surface area contributed by atoms with Crippen molar-refractivity contribution in [2.75, 3.05) is 5.32 Å². The number of aromatic nitrogens is 1. The molecule has 0 saturated carbocycles. The summed E-state index contributed by atoms with van der Waals surface area (Å²) in [4.78, 5) is 4.34. The number of rotatable bonds is 4. The second-order valence-corrected chi connectivity index (χ2v) is 5.43. The Hall–Kier alpha value is -2.34. The molecule has 1 N–H and O–H groups in total.